The van der Waals surface area contributed by atoms with Crippen LogP contribution in [0.1, 0.15) is 6.92 Å². The van der Waals surface area contributed by atoms with Gasteiger partial charge in [-0.3, -0.25) is 4.79 Å². The highest BCUT2D eigenvalue weighted by Gasteiger charge is 2.09. The second-order valence-electron chi connectivity index (χ2n) is 5.01. The Hall–Kier alpha value is -3.22. The number of ether oxygens (including phenoxy) is 2. The quantitative estimate of drug-likeness (QED) is 0.721. The van der Waals surface area contributed by atoms with E-state index >= 15 is 0 Å². The van der Waals surface area contributed by atoms with Crippen molar-refractivity contribution in [3.8, 4) is 11.5 Å². The highest BCUT2D eigenvalue weighted by atomic mass is 16.5. The largest absolute Gasteiger partial charge is 0.497 e. The van der Waals surface area contributed by atoms with Crippen molar-refractivity contribution in [2.75, 3.05) is 30.9 Å². The van der Waals surface area contributed by atoms with Crippen molar-refractivity contribution in [3.63, 3.8) is 0 Å². The van der Waals surface area contributed by atoms with Gasteiger partial charge in [0.1, 0.15) is 11.5 Å². The van der Waals surface area contributed by atoms with Crippen LogP contribution in [0, 0.1) is 0 Å². The number of rotatable bonds is 7. The highest BCUT2D eigenvalue weighted by molar-refractivity contribution is 5.97. The minimum Gasteiger partial charge on any atom is -0.497 e. The number of hydrogen-bond acceptors (Lipinski definition) is 4. The van der Waals surface area contributed by atoms with Gasteiger partial charge in [-0.2, -0.15) is 0 Å². The zero-order valence-electron chi connectivity index (χ0n) is 14.2. The summed E-state index contributed by atoms with van der Waals surface area (Å²) in [6.07, 6.45) is 0. The lowest BCUT2D eigenvalue weighted by Crippen LogP contribution is -2.35. The molecule has 2 aromatic carbocycles. The fraction of sp³-hybridized carbons (Fsp3) is 0.222. The van der Waals surface area contributed by atoms with Crippen LogP contribution < -0.4 is 25.4 Å². The van der Waals surface area contributed by atoms with Crippen molar-refractivity contribution in [2.45, 2.75) is 6.92 Å². The Morgan fingerprint density at radius 1 is 1.00 bits per heavy atom. The number of carbonyl (C=O) groups is 2. The van der Waals surface area contributed by atoms with Crippen LogP contribution in [-0.2, 0) is 4.79 Å². The summed E-state index contributed by atoms with van der Waals surface area (Å²) >= 11 is 0. The number of nitrogens with one attached hydrogen (secondary N) is 3. The van der Waals surface area contributed by atoms with E-state index in [2.05, 4.69) is 16.0 Å². The summed E-state index contributed by atoms with van der Waals surface area (Å²) in [5.41, 5.74) is 1.16. The molecule has 7 nitrogen and oxygen atoms in total. The maximum absolute atomic E-state index is 11.9. The summed E-state index contributed by atoms with van der Waals surface area (Å²) in [6, 6.07) is 13.5. The van der Waals surface area contributed by atoms with Gasteiger partial charge >= 0.3 is 6.03 Å². The zero-order valence-corrected chi connectivity index (χ0v) is 14.2. The molecule has 0 aliphatic heterocycles. The number of benzene rings is 2. The van der Waals surface area contributed by atoms with Crippen LogP contribution in [0.25, 0.3) is 0 Å². The predicted octanol–water partition coefficient (Wildman–Crippen LogP) is 2.85. The SMILES string of the molecule is CCOc1ccccc1NC(=O)NCC(=O)Nc1ccc(OC)cc1. The van der Waals surface area contributed by atoms with Crippen LogP contribution in [0.3, 0.4) is 0 Å². The van der Waals surface area contributed by atoms with Crippen molar-refractivity contribution in [1.29, 1.82) is 0 Å². The van der Waals surface area contributed by atoms with Gasteiger partial charge in [-0.05, 0) is 43.3 Å². The third-order valence-electron chi connectivity index (χ3n) is 3.22. The second kappa shape index (κ2) is 9.17. The summed E-state index contributed by atoms with van der Waals surface area (Å²) in [6.45, 7) is 2.19. The van der Waals surface area contributed by atoms with Crippen LogP contribution >= 0.6 is 0 Å². The van der Waals surface area contributed by atoms with E-state index < -0.39 is 6.03 Å². The van der Waals surface area contributed by atoms with E-state index in [0.717, 1.165) is 0 Å². The van der Waals surface area contributed by atoms with Crippen LogP contribution in [-0.4, -0.2) is 32.2 Å². The van der Waals surface area contributed by atoms with Crippen molar-refractivity contribution >= 4 is 23.3 Å². The average molecular weight is 343 g/mol. The summed E-state index contributed by atoms with van der Waals surface area (Å²) in [7, 11) is 1.57. The number of methoxy groups -OCH3 is 1. The lowest BCUT2D eigenvalue weighted by atomic mass is 10.3. The number of urea groups is 1. The molecule has 132 valence electrons. The number of anilines is 2. The third kappa shape index (κ3) is 5.72. The van der Waals surface area contributed by atoms with Gasteiger partial charge in [-0.1, -0.05) is 12.1 Å². The molecule has 7 heteroatoms. The highest BCUT2D eigenvalue weighted by Crippen LogP contribution is 2.23. The molecule has 25 heavy (non-hydrogen) atoms. The number of amides is 3. The van der Waals surface area contributed by atoms with E-state index in [0.29, 0.717) is 29.5 Å². The molecule has 0 aromatic heterocycles. The van der Waals surface area contributed by atoms with Crippen molar-refractivity contribution in [1.82, 2.24) is 5.32 Å². The van der Waals surface area contributed by atoms with Crippen LogP contribution in [0.5, 0.6) is 11.5 Å². The molecule has 0 aliphatic carbocycles. The molecule has 2 aromatic rings. The first-order valence-corrected chi connectivity index (χ1v) is 7.83. The monoisotopic (exact) mass is 343 g/mol. The number of hydrogen-bond donors (Lipinski definition) is 3. The molecule has 0 spiro atoms. The first-order chi connectivity index (χ1) is 12.1. The topological polar surface area (TPSA) is 88.7 Å². The molecule has 0 aliphatic rings. The number of carbonyl (C=O) groups excluding carboxylic acids is 2. The summed E-state index contributed by atoms with van der Waals surface area (Å²) in [5.74, 6) is 0.935. The maximum atomic E-state index is 11.9. The molecule has 0 unspecified atom stereocenters. The van der Waals surface area contributed by atoms with Crippen molar-refractivity contribution in [3.05, 3.63) is 48.5 Å². The fourth-order valence-corrected chi connectivity index (χ4v) is 2.06. The molecule has 0 atom stereocenters. The van der Waals surface area contributed by atoms with Gasteiger partial charge < -0.3 is 25.4 Å². The maximum Gasteiger partial charge on any atom is 0.319 e. The molecule has 0 radical (unpaired) electrons. The van der Waals surface area contributed by atoms with E-state index in [1.165, 1.54) is 0 Å². The van der Waals surface area contributed by atoms with Gasteiger partial charge in [0.2, 0.25) is 5.91 Å². The molecule has 0 heterocycles. The smallest absolute Gasteiger partial charge is 0.319 e. The third-order valence-corrected chi connectivity index (χ3v) is 3.22. The molecule has 0 fully saturated rings. The molecular formula is C18H21N3O4. The molecule has 2 rings (SSSR count). The van der Waals surface area contributed by atoms with Crippen molar-refractivity contribution < 1.29 is 19.1 Å². The Morgan fingerprint density at radius 3 is 2.40 bits per heavy atom. The van der Waals surface area contributed by atoms with Crippen LogP contribution in [0.4, 0.5) is 16.2 Å². The molecule has 3 N–H and O–H groups in total. The van der Waals surface area contributed by atoms with E-state index in [9.17, 15) is 9.59 Å². The summed E-state index contributed by atoms with van der Waals surface area (Å²) in [4.78, 5) is 23.8. The lowest BCUT2D eigenvalue weighted by molar-refractivity contribution is -0.115. The fourth-order valence-electron chi connectivity index (χ4n) is 2.06. The first kappa shape index (κ1) is 18.1. The van der Waals surface area contributed by atoms with E-state index in [1.54, 1.807) is 49.6 Å². The predicted molar refractivity (Wildman–Crippen MR) is 96.3 cm³/mol. The zero-order chi connectivity index (χ0) is 18.1. The van der Waals surface area contributed by atoms with Gasteiger partial charge in [-0.15, -0.1) is 0 Å². The lowest BCUT2D eigenvalue weighted by Gasteiger charge is -2.12. The van der Waals surface area contributed by atoms with Gasteiger partial charge in [0.05, 0.1) is 25.9 Å². The summed E-state index contributed by atoms with van der Waals surface area (Å²) < 4.78 is 10.5. The average Bonchev–Trinajstić information content (AvgIpc) is 2.62. The van der Waals surface area contributed by atoms with Crippen LogP contribution in [0.2, 0.25) is 0 Å². The minimum absolute atomic E-state index is 0.158. The van der Waals surface area contributed by atoms with Crippen LogP contribution in [0.15, 0.2) is 48.5 Å². The Labute approximate surface area is 146 Å². The molecule has 3 amide bonds. The van der Waals surface area contributed by atoms with Crippen molar-refractivity contribution in [2.24, 2.45) is 0 Å². The van der Waals surface area contributed by atoms with E-state index in [-0.39, 0.29) is 12.5 Å². The second-order valence-corrected chi connectivity index (χ2v) is 5.01. The van der Waals surface area contributed by atoms with E-state index in [4.69, 9.17) is 9.47 Å². The van der Waals surface area contributed by atoms with E-state index in [1.807, 2.05) is 13.0 Å². The Balaban J connectivity index is 1.82. The standard InChI is InChI=1S/C18H21N3O4/c1-3-25-16-7-5-4-6-15(16)21-18(23)19-12-17(22)20-13-8-10-14(24-2)11-9-13/h4-11H,3,12H2,1-2H3,(H,20,22)(H2,19,21,23). The molecule has 0 saturated carbocycles. The van der Waals surface area contributed by atoms with Gasteiger partial charge in [-0.25, -0.2) is 4.79 Å². The van der Waals surface area contributed by atoms with Gasteiger partial charge in [0, 0.05) is 5.69 Å². The first-order valence-electron chi connectivity index (χ1n) is 7.83. The van der Waals surface area contributed by atoms with Gasteiger partial charge in [0.25, 0.3) is 0 Å². The minimum atomic E-state index is -0.489. The Morgan fingerprint density at radius 2 is 1.72 bits per heavy atom. The van der Waals surface area contributed by atoms with Gasteiger partial charge in [0.15, 0.2) is 0 Å². The molecule has 0 bridgehead atoms. The normalized spacial score (nSPS) is 9.84. The molecular weight excluding hydrogens is 322 g/mol. The molecule has 0 saturated heterocycles. The number of para-hydroxylation sites is 2. The Kier molecular flexibility index (Phi) is 6.65. The Bertz CT molecular complexity index is 717. The summed E-state index contributed by atoms with van der Waals surface area (Å²) in [5, 5.41) is 7.84.